The molecule has 1 aromatic heterocycles. The van der Waals surface area contributed by atoms with Crippen molar-refractivity contribution in [3.05, 3.63) is 47.8 Å². The third kappa shape index (κ3) is 4.16. The van der Waals surface area contributed by atoms with Gasteiger partial charge in [-0.15, -0.1) is 5.10 Å². The molecule has 0 spiro atoms. The van der Waals surface area contributed by atoms with Crippen LogP contribution >= 0.6 is 0 Å². The molecule has 0 fully saturated rings. The minimum atomic E-state index is -0.185. The quantitative estimate of drug-likeness (QED) is 0.819. The highest BCUT2D eigenvalue weighted by atomic mass is 16.2. The van der Waals surface area contributed by atoms with E-state index in [0.717, 1.165) is 11.1 Å². The lowest BCUT2D eigenvalue weighted by atomic mass is 10.1. The molecule has 6 nitrogen and oxygen atoms in total. The van der Waals surface area contributed by atoms with Crippen LogP contribution in [-0.2, 0) is 17.9 Å². The molecule has 1 N–H and O–H groups in total. The molecule has 0 aliphatic rings. The first-order chi connectivity index (χ1) is 10.2. The largest absolute Gasteiger partial charge is 0.384 e. The lowest BCUT2D eigenvalue weighted by molar-refractivity contribution is -0.131. The number of likely N-dealkylation sites (N-methyl/N-ethyl adjacent to an activating group) is 1. The summed E-state index contributed by atoms with van der Waals surface area (Å²) in [5, 5.41) is 16.2. The van der Waals surface area contributed by atoms with Gasteiger partial charge in [-0.2, -0.15) is 0 Å². The van der Waals surface area contributed by atoms with Gasteiger partial charge in [-0.3, -0.25) is 4.79 Å². The third-order valence-electron chi connectivity index (χ3n) is 2.92. The van der Waals surface area contributed by atoms with Crippen LogP contribution in [0, 0.1) is 11.8 Å². The van der Waals surface area contributed by atoms with E-state index in [1.54, 1.807) is 18.1 Å². The molecule has 0 atom stereocenters. The van der Waals surface area contributed by atoms with Gasteiger partial charge in [0, 0.05) is 25.4 Å². The number of amides is 1. The Kier molecular flexibility index (Phi) is 5.07. The van der Waals surface area contributed by atoms with Crippen molar-refractivity contribution in [1.82, 2.24) is 19.9 Å². The standard InChI is InChI=1S/C15H16N4O2/c1-18(15(21)12-19-9-8-16-17-19)11-14-6-3-2-5-13(14)7-4-10-20/h2-3,5-6,8-9,20H,10-12H2,1H3. The number of benzene rings is 1. The van der Waals surface area contributed by atoms with Crippen LogP contribution in [0.25, 0.3) is 0 Å². The van der Waals surface area contributed by atoms with Gasteiger partial charge in [0.15, 0.2) is 0 Å². The maximum Gasteiger partial charge on any atom is 0.244 e. The number of carbonyl (C=O) groups is 1. The first-order valence-electron chi connectivity index (χ1n) is 6.46. The van der Waals surface area contributed by atoms with Gasteiger partial charge in [0.25, 0.3) is 0 Å². The number of aromatic nitrogens is 3. The summed E-state index contributed by atoms with van der Waals surface area (Å²) in [6.07, 6.45) is 3.18. The van der Waals surface area contributed by atoms with Crippen LogP contribution in [0.2, 0.25) is 0 Å². The summed E-state index contributed by atoms with van der Waals surface area (Å²) >= 11 is 0. The van der Waals surface area contributed by atoms with Crippen LogP contribution in [0.4, 0.5) is 0 Å². The molecule has 0 radical (unpaired) electrons. The second-order valence-corrected chi connectivity index (χ2v) is 4.47. The van der Waals surface area contributed by atoms with Gasteiger partial charge in [0.1, 0.15) is 13.2 Å². The van der Waals surface area contributed by atoms with Crippen LogP contribution in [0.5, 0.6) is 0 Å². The smallest absolute Gasteiger partial charge is 0.244 e. The van der Waals surface area contributed by atoms with E-state index in [0.29, 0.717) is 6.54 Å². The second kappa shape index (κ2) is 7.22. The maximum absolute atomic E-state index is 12.1. The Bertz CT molecular complexity index is 656. The average molecular weight is 284 g/mol. The molecule has 0 saturated carbocycles. The van der Waals surface area contributed by atoms with E-state index >= 15 is 0 Å². The Morgan fingerprint density at radius 1 is 1.43 bits per heavy atom. The summed E-state index contributed by atoms with van der Waals surface area (Å²) in [7, 11) is 1.73. The molecule has 0 aliphatic carbocycles. The van der Waals surface area contributed by atoms with E-state index in [-0.39, 0.29) is 19.1 Å². The van der Waals surface area contributed by atoms with E-state index in [9.17, 15) is 4.79 Å². The van der Waals surface area contributed by atoms with Crippen LogP contribution in [0.3, 0.4) is 0 Å². The number of rotatable bonds is 4. The fourth-order valence-electron chi connectivity index (χ4n) is 1.83. The van der Waals surface area contributed by atoms with Crippen molar-refractivity contribution >= 4 is 5.91 Å². The zero-order valence-electron chi connectivity index (χ0n) is 11.7. The number of hydrogen-bond acceptors (Lipinski definition) is 4. The Hall–Kier alpha value is -2.65. The molecule has 0 bridgehead atoms. The van der Waals surface area contributed by atoms with Crippen LogP contribution in [0.15, 0.2) is 36.7 Å². The van der Waals surface area contributed by atoms with Gasteiger partial charge >= 0.3 is 0 Å². The van der Waals surface area contributed by atoms with Crippen molar-refractivity contribution in [2.24, 2.45) is 0 Å². The maximum atomic E-state index is 12.1. The first kappa shape index (κ1) is 14.8. The van der Waals surface area contributed by atoms with Gasteiger partial charge in [-0.1, -0.05) is 35.3 Å². The molecule has 0 unspecified atom stereocenters. The fourth-order valence-corrected chi connectivity index (χ4v) is 1.83. The van der Waals surface area contributed by atoms with Gasteiger partial charge in [0.2, 0.25) is 5.91 Å². The van der Waals surface area contributed by atoms with Crippen molar-refractivity contribution in [1.29, 1.82) is 0 Å². The molecule has 108 valence electrons. The van der Waals surface area contributed by atoms with E-state index < -0.39 is 0 Å². The molecule has 1 heterocycles. The van der Waals surface area contributed by atoms with Crippen molar-refractivity contribution < 1.29 is 9.90 Å². The molecule has 0 aliphatic heterocycles. The minimum Gasteiger partial charge on any atom is -0.384 e. The van der Waals surface area contributed by atoms with E-state index in [1.807, 2.05) is 24.3 Å². The molecule has 1 aromatic carbocycles. The molecule has 1 amide bonds. The van der Waals surface area contributed by atoms with E-state index in [1.165, 1.54) is 10.9 Å². The molecule has 21 heavy (non-hydrogen) atoms. The van der Waals surface area contributed by atoms with Crippen LogP contribution in [0.1, 0.15) is 11.1 Å². The number of hydrogen-bond donors (Lipinski definition) is 1. The monoisotopic (exact) mass is 284 g/mol. The second-order valence-electron chi connectivity index (χ2n) is 4.47. The molecule has 2 aromatic rings. The molecular formula is C15H16N4O2. The minimum absolute atomic E-state index is 0.0644. The number of aliphatic hydroxyl groups excluding tert-OH is 1. The average Bonchev–Trinajstić information content (AvgIpc) is 2.99. The summed E-state index contributed by atoms with van der Waals surface area (Å²) < 4.78 is 1.48. The van der Waals surface area contributed by atoms with Crippen molar-refractivity contribution in [3.8, 4) is 11.8 Å². The predicted molar refractivity (Wildman–Crippen MR) is 76.9 cm³/mol. The Balaban J connectivity index is 2.05. The van der Waals surface area contributed by atoms with Crippen LogP contribution < -0.4 is 0 Å². The Labute approximate surface area is 123 Å². The van der Waals surface area contributed by atoms with Gasteiger partial charge in [-0.25, -0.2) is 4.68 Å². The summed E-state index contributed by atoms with van der Waals surface area (Å²) in [6, 6.07) is 7.56. The molecular weight excluding hydrogens is 268 g/mol. The number of aliphatic hydroxyl groups is 1. The highest BCUT2D eigenvalue weighted by molar-refractivity contribution is 5.75. The number of nitrogens with zero attached hydrogens (tertiary/aromatic N) is 4. The fraction of sp³-hybridized carbons (Fsp3) is 0.267. The zero-order valence-corrected chi connectivity index (χ0v) is 11.7. The lowest BCUT2D eigenvalue weighted by Gasteiger charge is -2.18. The van der Waals surface area contributed by atoms with Crippen LogP contribution in [-0.4, -0.2) is 44.6 Å². The van der Waals surface area contributed by atoms with Gasteiger partial charge in [-0.05, 0) is 11.6 Å². The summed E-state index contributed by atoms with van der Waals surface area (Å²) in [4.78, 5) is 13.7. The Morgan fingerprint density at radius 2 is 2.24 bits per heavy atom. The zero-order chi connectivity index (χ0) is 15.1. The lowest BCUT2D eigenvalue weighted by Crippen LogP contribution is -2.30. The van der Waals surface area contributed by atoms with Gasteiger partial charge < -0.3 is 10.0 Å². The SMILES string of the molecule is CN(Cc1ccccc1C#CCO)C(=O)Cn1ccnn1. The molecule has 2 rings (SSSR count). The first-order valence-corrected chi connectivity index (χ1v) is 6.46. The highest BCUT2D eigenvalue weighted by Gasteiger charge is 2.11. The van der Waals surface area contributed by atoms with Crippen molar-refractivity contribution in [2.75, 3.05) is 13.7 Å². The van der Waals surface area contributed by atoms with Crippen molar-refractivity contribution in [2.45, 2.75) is 13.1 Å². The van der Waals surface area contributed by atoms with Crippen molar-refractivity contribution in [3.63, 3.8) is 0 Å². The third-order valence-corrected chi connectivity index (χ3v) is 2.92. The van der Waals surface area contributed by atoms with E-state index in [2.05, 4.69) is 22.2 Å². The Morgan fingerprint density at radius 3 is 2.95 bits per heavy atom. The summed E-state index contributed by atoms with van der Waals surface area (Å²) in [5.74, 6) is 5.45. The summed E-state index contributed by atoms with van der Waals surface area (Å²) in [6.45, 7) is 0.417. The number of carbonyl (C=O) groups excluding carboxylic acids is 1. The normalized spacial score (nSPS) is 9.81. The highest BCUT2D eigenvalue weighted by Crippen LogP contribution is 2.10. The van der Waals surface area contributed by atoms with Gasteiger partial charge in [0.05, 0.1) is 6.20 Å². The molecule has 0 saturated heterocycles. The predicted octanol–water partition coefficient (Wildman–Crippen LogP) is 0.280. The summed E-state index contributed by atoms with van der Waals surface area (Å²) in [5.41, 5.74) is 1.75. The topological polar surface area (TPSA) is 71.2 Å². The van der Waals surface area contributed by atoms with E-state index in [4.69, 9.17) is 5.11 Å². The molecule has 6 heteroatoms.